The first-order valence-corrected chi connectivity index (χ1v) is 2.35. The van der Waals surface area contributed by atoms with Gasteiger partial charge in [-0.15, -0.1) is 0 Å². The van der Waals surface area contributed by atoms with Crippen molar-refractivity contribution in [3.8, 4) is 0 Å². The first-order valence-electron chi connectivity index (χ1n) is 2.35. The van der Waals surface area contributed by atoms with Crippen LogP contribution in [0.1, 0.15) is 26.2 Å². The van der Waals surface area contributed by atoms with Crippen LogP contribution >= 0.6 is 0 Å². The molecule has 0 fully saturated rings. The molecule has 0 saturated heterocycles. The summed E-state index contributed by atoms with van der Waals surface area (Å²) < 4.78 is 0. The third-order valence-corrected chi connectivity index (χ3v) is 0.676. The molecule has 0 saturated carbocycles. The van der Waals surface area contributed by atoms with Crippen molar-refractivity contribution in [2.45, 2.75) is 26.2 Å². The van der Waals surface area contributed by atoms with Crippen LogP contribution in [-0.4, -0.2) is 52.6 Å². The van der Waals surface area contributed by atoms with Crippen LogP contribution in [0.15, 0.2) is 0 Å². The molecule has 0 heterocycles. The summed E-state index contributed by atoms with van der Waals surface area (Å²) in [4.78, 5) is 9.56. The molecule has 0 aliphatic heterocycles. The van der Waals surface area contributed by atoms with Crippen molar-refractivity contribution in [1.82, 2.24) is 0 Å². The van der Waals surface area contributed by atoms with Gasteiger partial charge in [0.2, 0.25) is 0 Å². The zero-order chi connectivity index (χ0) is 4.83. The van der Waals surface area contributed by atoms with Gasteiger partial charge in [-0.2, -0.15) is 0 Å². The fourth-order valence-corrected chi connectivity index (χ4v) is 0.287. The molecule has 5 nitrogen and oxygen atoms in total. The minimum absolute atomic E-state index is 0. The van der Waals surface area contributed by atoms with Crippen LogP contribution < -0.4 is 0 Å². The molecular formula is C5H21O5Sb. The fourth-order valence-electron chi connectivity index (χ4n) is 0.287. The molecule has 0 spiro atoms. The van der Waals surface area contributed by atoms with Crippen LogP contribution in [0.25, 0.3) is 0 Å². The second-order valence-electron chi connectivity index (χ2n) is 1.31. The second kappa shape index (κ2) is 48.0. The first kappa shape index (κ1) is 42.6. The van der Waals surface area contributed by atoms with Gasteiger partial charge in [0, 0.05) is 6.42 Å². The minimum atomic E-state index is 0. The molecule has 76 valence electrons. The number of hydrogen-bond acceptors (Lipinski definition) is 1. The molecule has 6 heteroatoms. The summed E-state index contributed by atoms with van der Waals surface area (Å²) in [6.45, 7) is 2.07. The maximum absolute atomic E-state index is 9.56. The number of aldehydes is 1. The van der Waals surface area contributed by atoms with Gasteiger partial charge in [0.05, 0.1) is 0 Å². The van der Waals surface area contributed by atoms with E-state index < -0.39 is 0 Å². The van der Waals surface area contributed by atoms with Crippen molar-refractivity contribution >= 4 is 30.7 Å². The summed E-state index contributed by atoms with van der Waals surface area (Å²) in [7, 11) is 0. The molecule has 0 aromatic carbocycles. The molecule has 0 aromatic heterocycles. The van der Waals surface area contributed by atoms with E-state index in [2.05, 4.69) is 6.92 Å². The summed E-state index contributed by atoms with van der Waals surface area (Å²) in [5.41, 5.74) is 0. The monoisotopic (exact) mass is 282 g/mol. The summed E-state index contributed by atoms with van der Waals surface area (Å²) in [5, 5.41) is 0. The molecule has 0 aliphatic carbocycles. The van der Waals surface area contributed by atoms with Crippen LogP contribution in [0.4, 0.5) is 0 Å². The predicted molar refractivity (Wildman–Crippen MR) is 50.0 cm³/mol. The maximum atomic E-state index is 9.56. The van der Waals surface area contributed by atoms with Crippen molar-refractivity contribution < 1.29 is 26.7 Å². The van der Waals surface area contributed by atoms with Crippen LogP contribution in [0.3, 0.4) is 0 Å². The van der Waals surface area contributed by atoms with Crippen LogP contribution in [-0.2, 0) is 4.79 Å². The Morgan fingerprint density at radius 1 is 1.09 bits per heavy atom. The van der Waals surface area contributed by atoms with Gasteiger partial charge in [-0.25, -0.2) is 0 Å². The van der Waals surface area contributed by atoms with E-state index >= 15 is 0 Å². The van der Waals surface area contributed by atoms with Gasteiger partial charge < -0.3 is 26.7 Å². The SMILES string of the molecule is CCCCC=O.O.O.O.O.[SbH3]. The van der Waals surface area contributed by atoms with Gasteiger partial charge in [0.15, 0.2) is 0 Å². The second-order valence-corrected chi connectivity index (χ2v) is 1.31. The molecule has 0 aromatic rings. The van der Waals surface area contributed by atoms with Gasteiger partial charge in [0.25, 0.3) is 0 Å². The van der Waals surface area contributed by atoms with Crippen LogP contribution in [0.2, 0.25) is 0 Å². The van der Waals surface area contributed by atoms with Crippen molar-refractivity contribution in [1.29, 1.82) is 0 Å². The Kier molecular flexibility index (Phi) is 186. The van der Waals surface area contributed by atoms with Gasteiger partial charge in [0.1, 0.15) is 6.29 Å². The Morgan fingerprint density at radius 3 is 1.55 bits per heavy atom. The van der Waals surface area contributed by atoms with Gasteiger partial charge in [-0.05, 0) is 6.42 Å². The Hall–Kier alpha value is 0.328. The van der Waals surface area contributed by atoms with E-state index in [0.717, 1.165) is 25.5 Å². The van der Waals surface area contributed by atoms with E-state index in [9.17, 15) is 4.79 Å². The molecule has 0 bridgehead atoms. The van der Waals surface area contributed by atoms with Gasteiger partial charge in [-0.3, -0.25) is 0 Å². The zero-order valence-corrected chi connectivity index (χ0v) is 10.9. The molecule has 8 N–H and O–H groups in total. The number of carbonyl (C=O) groups excluding carboxylic acids is 1. The predicted octanol–water partition coefficient (Wildman–Crippen LogP) is -3.11. The van der Waals surface area contributed by atoms with Crippen molar-refractivity contribution in [2.75, 3.05) is 0 Å². The van der Waals surface area contributed by atoms with Crippen LogP contribution in [0, 0.1) is 0 Å². The fraction of sp³-hybridized carbons (Fsp3) is 0.800. The number of carbonyl (C=O) groups is 1. The molecule has 0 atom stereocenters. The molecule has 11 heavy (non-hydrogen) atoms. The quantitative estimate of drug-likeness (QED) is 0.301. The van der Waals surface area contributed by atoms with Gasteiger partial charge in [-0.1, -0.05) is 13.3 Å². The van der Waals surface area contributed by atoms with Crippen molar-refractivity contribution in [3.63, 3.8) is 0 Å². The van der Waals surface area contributed by atoms with E-state index in [1.807, 2.05) is 0 Å². The van der Waals surface area contributed by atoms with E-state index in [1.165, 1.54) is 0 Å². The van der Waals surface area contributed by atoms with Crippen LogP contribution in [0.5, 0.6) is 0 Å². The number of rotatable bonds is 3. The summed E-state index contributed by atoms with van der Waals surface area (Å²) in [6.07, 6.45) is 3.86. The number of unbranched alkanes of at least 4 members (excludes halogenated alkanes) is 2. The average molecular weight is 283 g/mol. The molecular weight excluding hydrogens is 262 g/mol. The van der Waals surface area contributed by atoms with Crippen molar-refractivity contribution in [3.05, 3.63) is 0 Å². The topological polar surface area (TPSA) is 143 Å². The van der Waals surface area contributed by atoms with E-state index in [-0.39, 0.29) is 46.3 Å². The molecule has 0 aliphatic rings. The molecule has 0 radical (unpaired) electrons. The van der Waals surface area contributed by atoms with E-state index in [4.69, 9.17) is 0 Å². The van der Waals surface area contributed by atoms with E-state index in [1.54, 1.807) is 0 Å². The number of hydrogen-bond donors (Lipinski definition) is 0. The van der Waals surface area contributed by atoms with Gasteiger partial charge >= 0.3 is 24.4 Å². The summed E-state index contributed by atoms with van der Waals surface area (Å²) in [6, 6.07) is 0. The third-order valence-electron chi connectivity index (χ3n) is 0.676. The Balaban J connectivity index is -0.0000000125. The normalized spacial score (nSPS) is 4.45. The first-order chi connectivity index (χ1) is 2.91. The average Bonchev–Trinajstić information content (AvgIpc) is 1.61. The Bertz CT molecular complexity index is 43.9. The molecule has 0 amide bonds. The molecule has 0 rings (SSSR count). The summed E-state index contributed by atoms with van der Waals surface area (Å²) in [5.74, 6) is 0. The summed E-state index contributed by atoms with van der Waals surface area (Å²) >= 11 is 0. The van der Waals surface area contributed by atoms with E-state index in [0.29, 0.717) is 0 Å². The van der Waals surface area contributed by atoms with Crippen molar-refractivity contribution in [2.24, 2.45) is 0 Å². The Labute approximate surface area is 83.9 Å². The molecule has 0 unspecified atom stereocenters. The standard InChI is InChI=1S/C5H10O.4H2O.Sb.3H/c1-2-3-4-5-6;;;;;;;;/h5H,2-4H2,1H3;4*1H2;;;;. The zero-order valence-electron chi connectivity index (χ0n) is 6.81. The Morgan fingerprint density at radius 2 is 1.45 bits per heavy atom. The third kappa shape index (κ3) is 64.7.